The Labute approximate surface area is 103 Å². The van der Waals surface area contributed by atoms with Gasteiger partial charge < -0.3 is 9.73 Å². The zero-order valence-electron chi connectivity index (χ0n) is 10.7. The van der Waals surface area contributed by atoms with Crippen molar-refractivity contribution in [3.05, 3.63) is 29.7 Å². The number of furan rings is 1. The van der Waals surface area contributed by atoms with Crippen molar-refractivity contribution in [2.45, 2.75) is 39.5 Å². The largest absolute Gasteiger partial charge is 0.462 e. The van der Waals surface area contributed by atoms with Gasteiger partial charge >= 0.3 is 0 Å². The van der Waals surface area contributed by atoms with E-state index < -0.39 is 0 Å². The molecule has 94 valence electrons. The van der Waals surface area contributed by atoms with Gasteiger partial charge in [-0.25, -0.2) is 0 Å². The van der Waals surface area contributed by atoms with Crippen LogP contribution in [0.2, 0.25) is 0 Å². The first-order chi connectivity index (χ1) is 8.22. The van der Waals surface area contributed by atoms with Gasteiger partial charge in [-0.3, -0.25) is 4.79 Å². The molecule has 0 aliphatic rings. The third-order valence-electron chi connectivity index (χ3n) is 2.49. The summed E-state index contributed by atoms with van der Waals surface area (Å²) in [4.78, 5) is 11.4. The van der Waals surface area contributed by atoms with Crippen LogP contribution in [-0.2, 0) is 4.79 Å². The van der Waals surface area contributed by atoms with Crippen molar-refractivity contribution in [3.63, 3.8) is 0 Å². The SMILES string of the molecule is CCCCCCNC(=O)/C=C/c1ccc(C)o1. The molecule has 1 aromatic rings. The number of hydrogen-bond acceptors (Lipinski definition) is 2. The monoisotopic (exact) mass is 235 g/mol. The van der Waals surface area contributed by atoms with Crippen LogP contribution in [0.25, 0.3) is 6.08 Å². The van der Waals surface area contributed by atoms with E-state index in [-0.39, 0.29) is 5.91 Å². The molecule has 0 atom stereocenters. The average molecular weight is 235 g/mol. The van der Waals surface area contributed by atoms with E-state index in [9.17, 15) is 4.79 Å². The van der Waals surface area contributed by atoms with Crippen LogP contribution in [-0.4, -0.2) is 12.5 Å². The summed E-state index contributed by atoms with van der Waals surface area (Å²) in [7, 11) is 0. The molecule has 0 radical (unpaired) electrons. The maximum atomic E-state index is 11.4. The van der Waals surface area contributed by atoms with Crippen molar-refractivity contribution in [2.75, 3.05) is 6.54 Å². The Morgan fingerprint density at radius 1 is 1.35 bits per heavy atom. The van der Waals surface area contributed by atoms with Crippen molar-refractivity contribution >= 4 is 12.0 Å². The van der Waals surface area contributed by atoms with Crippen LogP contribution in [0.3, 0.4) is 0 Å². The smallest absolute Gasteiger partial charge is 0.244 e. The van der Waals surface area contributed by atoms with E-state index in [1.54, 1.807) is 6.08 Å². The van der Waals surface area contributed by atoms with Crippen molar-refractivity contribution in [3.8, 4) is 0 Å². The Bertz CT molecular complexity index is 366. The standard InChI is InChI=1S/C14H21NO2/c1-3-4-5-6-11-15-14(16)10-9-13-8-7-12(2)17-13/h7-10H,3-6,11H2,1-2H3,(H,15,16)/b10-9+. The Hall–Kier alpha value is -1.51. The van der Waals surface area contributed by atoms with Crippen LogP contribution in [0.5, 0.6) is 0 Å². The summed E-state index contributed by atoms with van der Waals surface area (Å²) in [5, 5.41) is 2.85. The highest BCUT2D eigenvalue weighted by molar-refractivity contribution is 5.91. The molecule has 0 aromatic carbocycles. The molecule has 17 heavy (non-hydrogen) atoms. The van der Waals surface area contributed by atoms with E-state index in [1.165, 1.54) is 25.3 Å². The number of amides is 1. The molecule has 0 bridgehead atoms. The Morgan fingerprint density at radius 3 is 2.82 bits per heavy atom. The third kappa shape index (κ3) is 5.95. The molecule has 0 fully saturated rings. The maximum Gasteiger partial charge on any atom is 0.244 e. The van der Waals surface area contributed by atoms with Crippen molar-refractivity contribution in [2.24, 2.45) is 0 Å². The normalized spacial score (nSPS) is 10.9. The van der Waals surface area contributed by atoms with E-state index in [1.807, 2.05) is 19.1 Å². The van der Waals surface area contributed by atoms with Crippen molar-refractivity contribution in [1.29, 1.82) is 0 Å². The van der Waals surface area contributed by atoms with Gasteiger partial charge in [-0.05, 0) is 31.6 Å². The molecule has 0 aliphatic heterocycles. The van der Waals surface area contributed by atoms with Gasteiger partial charge in [0.2, 0.25) is 5.91 Å². The second kappa shape index (κ2) is 7.71. The lowest BCUT2D eigenvalue weighted by molar-refractivity contribution is -0.116. The van der Waals surface area contributed by atoms with Crippen LogP contribution in [0, 0.1) is 6.92 Å². The lowest BCUT2D eigenvalue weighted by Gasteiger charge is -2.00. The maximum absolute atomic E-state index is 11.4. The Balaban J connectivity index is 2.18. The lowest BCUT2D eigenvalue weighted by atomic mass is 10.2. The topological polar surface area (TPSA) is 42.2 Å². The van der Waals surface area contributed by atoms with Crippen LogP contribution in [0.15, 0.2) is 22.6 Å². The molecule has 1 amide bonds. The summed E-state index contributed by atoms with van der Waals surface area (Å²) in [5.74, 6) is 1.50. The number of carbonyl (C=O) groups is 1. The second-order valence-corrected chi connectivity index (χ2v) is 4.13. The zero-order valence-corrected chi connectivity index (χ0v) is 10.7. The molecule has 3 heteroatoms. The molecule has 0 aliphatic carbocycles. The van der Waals surface area contributed by atoms with Crippen LogP contribution in [0.4, 0.5) is 0 Å². The van der Waals surface area contributed by atoms with Crippen molar-refractivity contribution < 1.29 is 9.21 Å². The highest BCUT2D eigenvalue weighted by atomic mass is 16.3. The fourth-order valence-electron chi connectivity index (χ4n) is 1.52. The molecule has 1 aromatic heterocycles. The summed E-state index contributed by atoms with van der Waals surface area (Å²) >= 11 is 0. The molecule has 3 nitrogen and oxygen atoms in total. The molecule has 1 rings (SSSR count). The fourth-order valence-corrected chi connectivity index (χ4v) is 1.52. The second-order valence-electron chi connectivity index (χ2n) is 4.13. The predicted octanol–water partition coefficient (Wildman–Crippen LogP) is 3.30. The molecule has 0 unspecified atom stereocenters. The summed E-state index contributed by atoms with van der Waals surface area (Å²) in [6.45, 7) is 4.80. The average Bonchev–Trinajstić information content (AvgIpc) is 2.72. The summed E-state index contributed by atoms with van der Waals surface area (Å²) < 4.78 is 5.32. The molecular formula is C14H21NO2. The van der Waals surface area contributed by atoms with Gasteiger partial charge in [-0.15, -0.1) is 0 Å². The van der Waals surface area contributed by atoms with Crippen LogP contribution < -0.4 is 5.32 Å². The Kier molecular flexibility index (Phi) is 6.15. The minimum Gasteiger partial charge on any atom is -0.462 e. The Morgan fingerprint density at radius 2 is 2.18 bits per heavy atom. The quantitative estimate of drug-likeness (QED) is 0.582. The first-order valence-electron chi connectivity index (χ1n) is 6.24. The van der Waals surface area contributed by atoms with Gasteiger partial charge in [-0.1, -0.05) is 26.2 Å². The summed E-state index contributed by atoms with van der Waals surface area (Å²) in [5.41, 5.74) is 0. The highest BCUT2D eigenvalue weighted by Crippen LogP contribution is 2.07. The van der Waals surface area contributed by atoms with Gasteiger partial charge in [-0.2, -0.15) is 0 Å². The summed E-state index contributed by atoms with van der Waals surface area (Å²) in [6.07, 6.45) is 7.88. The van der Waals surface area contributed by atoms with Crippen molar-refractivity contribution in [1.82, 2.24) is 5.32 Å². The van der Waals surface area contributed by atoms with Gasteiger partial charge in [0.25, 0.3) is 0 Å². The predicted molar refractivity (Wildman–Crippen MR) is 69.6 cm³/mol. The van der Waals surface area contributed by atoms with Gasteiger partial charge in [0.1, 0.15) is 11.5 Å². The van der Waals surface area contributed by atoms with E-state index in [0.29, 0.717) is 5.76 Å². The van der Waals surface area contributed by atoms with Gasteiger partial charge in [0.05, 0.1) is 0 Å². The number of aryl methyl sites for hydroxylation is 1. The summed E-state index contributed by atoms with van der Waals surface area (Å²) in [6, 6.07) is 3.72. The molecule has 0 saturated heterocycles. The number of carbonyl (C=O) groups excluding carboxylic acids is 1. The van der Waals surface area contributed by atoms with Crippen LogP contribution in [0.1, 0.15) is 44.1 Å². The van der Waals surface area contributed by atoms with E-state index in [4.69, 9.17) is 4.42 Å². The first-order valence-corrected chi connectivity index (χ1v) is 6.24. The third-order valence-corrected chi connectivity index (χ3v) is 2.49. The van der Waals surface area contributed by atoms with Crippen LogP contribution >= 0.6 is 0 Å². The van der Waals surface area contributed by atoms with E-state index >= 15 is 0 Å². The molecule has 1 heterocycles. The highest BCUT2D eigenvalue weighted by Gasteiger charge is 1.96. The van der Waals surface area contributed by atoms with Gasteiger partial charge in [0, 0.05) is 12.6 Å². The minimum atomic E-state index is -0.0597. The number of nitrogens with one attached hydrogen (secondary N) is 1. The van der Waals surface area contributed by atoms with Gasteiger partial charge in [0.15, 0.2) is 0 Å². The number of rotatable bonds is 7. The first kappa shape index (κ1) is 13.6. The number of unbranched alkanes of at least 4 members (excludes halogenated alkanes) is 3. The molecule has 0 spiro atoms. The minimum absolute atomic E-state index is 0.0597. The molecular weight excluding hydrogens is 214 g/mol. The lowest BCUT2D eigenvalue weighted by Crippen LogP contribution is -2.21. The fraction of sp³-hybridized carbons (Fsp3) is 0.500. The zero-order chi connectivity index (χ0) is 12.5. The molecule has 0 saturated carbocycles. The number of hydrogen-bond donors (Lipinski definition) is 1. The van der Waals surface area contributed by atoms with E-state index in [0.717, 1.165) is 18.7 Å². The molecule has 1 N–H and O–H groups in total. The van der Waals surface area contributed by atoms with E-state index in [2.05, 4.69) is 12.2 Å².